The smallest absolute Gasteiger partial charge is 0.353 e. The lowest BCUT2D eigenvalue weighted by Crippen LogP contribution is -2.55. The lowest BCUT2D eigenvalue weighted by molar-refractivity contribution is 0.0690. The van der Waals surface area contributed by atoms with E-state index in [4.69, 9.17) is 5.11 Å². The Morgan fingerprint density at radius 2 is 2.24 bits per heavy atom. The number of carboxylic acids is 1. The van der Waals surface area contributed by atoms with Crippen molar-refractivity contribution in [2.75, 3.05) is 13.6 Å². The Kier molecular flexibility index (Phi) is 3.35. The summed E-state index contributed by atoms with van der Waals surface area (Å²) in [6, 6.07) is -0.116. The molecule has 1 aromatic rings. The molecule has 2 aliphatic carbocycles. The third-order valence-corrected chi connectivity index (χ3v) is 4.39. The molecule has 7 nitrogen and oxygen atoms in total. The second-order valence-electron chi connectivity index (χ2n) is 6.14. The van der Waals surface area contributed by atoms with E-state index in [0.717, 1.165) is 25.8 Å². The van der Waals surface area contributed by atoms with Crippen molar-refractivity contribution in [1.82, 2.24) is 20.2 Å². The van der Waals surface area contributed by atoms with E-state index in [1.165, 1.54) is 19.0 Å². The Hall–Kier alpha value is -2.05. The molecule has 0 unspecified atom stereocenters. The average molecular weight is 292 g/mol. The maximum atomic E-state index is 12.3. The van der Waals surface area contributed by atoms with E-state index in [1.54, 1.807) is 11.9 Å². The molecular weight excluding hydrogens is 272 g/mol. The van der Waals surface area contributed by atoms with Crippen LogP contribution in [0.15, 0.2) is 6.20 Å². The number of imidazole rings is 1. The highest BCUT2D eigenvalue weighted by Crippen LogP contribution is 2.40. The lowest BCUT2D eigenvalue weighted by Gasteiger charge is -2.41. The van der Waals surface area contributed by atoms with Crippen molar-refractivity contribution >= 4 is 12.0 Å². The molecular formula is C14H20N4O3. The van der Waals surface area contributed by atoms with Gasteiger partial charge in [0, 0.05) is 13.6 Å². The van der Waals surface area contributed by atoms with E-state index in [1.807, 2.05) is 0 Å². The number of carbonyl (C=O) groups is 2. The number of H-pyrrole nitrogens is 1. The van der Waals surface area contributed by atoms with E-state index >= 15 is 0 Å². The van der Waals surface area contributed by atoms with Crippen LogP contribution >= 0.6 is 0 Å². The van der Waals surface area contributed by atoms with Gasteiger partial charge >= 0.3 is 12.0 Å². The van der Waals surface area contributed by atoms with Crippen LogP contribution in [0, 0.1) is 5.92 Å². The summed E-state index contributed by atoms with van der Waals surface area (Å²) in [4.78, 5) is 31.9. The zero-order valence-corrected chi connectivity index (χ0v) is 12.1. The van der Waals surface area contributed by atoms with Crippen LogP contribution in [0.3, 0.4) is 0 Å². The fourth-order valence-corrected chi connectivity index (χ4v) is 2.70. The van der Waals surface area contributed by atoms with E-state index < -0.39 is 11.5 Å². The highest BCUT2D eigenvalue weighted by atomic mass is 16.4. The van der Waals surface area contributed by atoms with E-state index in [-0.39, 0.29) is 11.7 Å². The van der Waals surface area contributed by atoms with Gasteiger partial charge in [0.15, 0.2) is 0 Å². The van der Waals surface area contributed by atoms with Crippen molar-refractivity contribution in [3.8, 4) is 0 Å². The molecule has 0 spiro atoms. The van der Waals surface area contributed by atoms with Crippen molar-refractivity contribution in [2.24, 2.45) is 5.92 Å². The normalized spacial score (nSPS) is 19.7. The van der Waals surface area contributed by atoms with Crippen LogP contribution in [-0.2, 0) is 5.54 Å². The van der Waals surface area contributed by atoms with Gasteiger partial charge in [-0.05, 0) is 38.0 Å². The first-order chi connectivity index (χ1) is 10.00. The van der Waals surface area contributed by atoms with Crippen LogP contribution in [0.1, 0.15) is 48.4 Å². The molecule has 1 heterocycles. The van der Waals surface area contributed by atoms with Crippen LogP contribution in [0.25, 0.3) is 0 Å². The van der Waals surface area contributed by atoms with Gasteiger partial charge in [0.25, 0.3) is 0 Å². The number of carboxylic acid groups (broad SMARTS) is 1. The minimum absolute atomic E-state index is 0.0526. The van der Waals surface area contributed by atoms with Crippen molar-refractivity contribution in [2.45, 2.75) is 37.6 Å². The third kappa shape index (κ3) is 2.72. The first-order valence-electron chi connectivity index (χ1n) is 7.32. The second-order valence-corrected chi connectivity index (χ2v) is 6.14. The van der Waals surface area contributed by atoms with Crippen LogP contribution in [-0.4, -0.2) is 45.6 Å². The predicted octanol–water partition coefficient (Wildman–Crippen LogP) is 1.54. The van der Waals surface area contributed by atoms with Gasteiger partial charge in [0.2, 0.25) is 0 Å². The van der Waals surface area contributed by atoms with Gasteiger partial charge in [0.05, 0.1) is 11.7 Å². The standard InChI is InChI=1S/C14H20N4O3/c1-18(8-9-3-4-9)13(21)17-14(5-2-6-14)12-15-7-10(16-12)11(19)20/h7,9H,2-6,8H2,1H3,(H,15,16)(H,17,21)(H,19,20). The number of carbonyl (C=O) groups excluding carboxylic acids is 1. The Morgan fingerprint density at radius 3 is 2.71 bits per heavy atom. The summed E-state index contributed by atoms with van der Waals surface area (Å²) >= 11 is 0. The summed E-state index contributed by atoms with van der Waals surface area (Å²) in [7, 11) is 1.80. The Bertz CT molecular complexity index is 560. The summed E-state index contributed by atoms with van der Waals surface area (Å²) in [5.74, 6) is 0.139. The molecule has 0 aromatic carbocycles. The van der Waals surface area contributed by atoms with Crippen LogP contribution in [0.2, 0.25) is 0 Å². The number of urea groups is 1. The molecule has 0 atom stereocenters. The highest BCUT2D eigenvalue weighted by Gasteiger charge is 2.43. The topological polar surface area (TPSA) is 98.3 Å². The van der Waals surface area contributed by atoms with Crippen LogP contribution in [0.4, 0.5) is 4.79 Å². The molecule has 2 aliphatic rings. The number of hydrogen-bond acceptors (Lipinski definition) is 3. The number of hydrogen-bond donors (Lipinski definition) is 3. The molecule has 0 saturated heterocycles. The largest absolute Gasteiger partial charge is 0.477 e. The molecule has 1 aromatic heterocycles. The monoisotopic (exact) mass is 292 g/mol. The molecule has 0 bridgehead atoms. The fraction of sp³-hybridized carbons (Fsp3) is 0.643. The Balaban J connectivity index is 1.70. The zero-order chi connectivity index (χ0) is 15.0. The number of aromatic carboxylic acids is 1. The summed E-state index contributed by atoms with van der Waals surface area (Å²) < 4.78 is 0. The van der Waals surface area contributed by atoms with Gasteiger partial charge in [-0.2, -0.15) is 0 Å². The molecule has 2 saturated carbocycles. The molecule has 0 aliphatic heterocycles. The van der Waals surface area contributed by atoms with E-state index in [9.17, 15) is 9.59 Å². The van der Waals surface area contributed by atoms with Crippen LogP contribution in [0.5, 0.6) is 0 Å². The fourth-order valence-electron chi connectivity index (χ4n) is 2.70. The van der Waals surface area contributed by atoms with Gasteiger partial charge < -0.3 is 20.3 Å². The summed E-state index contributed by atoms with van der Waals surface area (Å²) in [6.45, 7) is 0.778. The SMILES string of the molecule is CN(CC1CC1)C(=O)NC1(c2ncc(C(=O)O)[nH]2)CCC1. The number of nitrogens with one attached hydrogen (secondary N) is 2. The van der Waals surface area contributed by atoms with Crippen molar-refractivity contribution < 1.29 is 14.7 Å². The second kappa shape index (κ2) is 5.05. The molecule has 3 rings (SSSR count). The molecule has 21 heavy (non-hydrogen) atoms. The molecule has 2 amide bonds. The van der Waals surface area contributed by atoms with E-state index in [2.05, 4.69) is 15.3 Å². The summed E-state index contributed by atoms with van der Waals surface area (Å²) in [5, 5.41) is 12.0. The Labute approximate surface area is 122 Å². The van der Waals surface area contributed by atoms with Gasteiger partial charge in [-0.15, -0.1) is 0 Å². The van der Waals surface area contributed by atoms with Gasteiger partial charge in [0.1, 0.15) is 11.5 Å². The average Bonchev–Trinajstić information content (AvgIpc) is 3.05. The minimum atomic E-state index is -1.04. The molecule has 0 radical (unpaired) electrons. The number of aromatic amines is 1. The quantitative estimate of drug-likeness (QED) is 0.766. The van der Waals surface area contributed by atoms with Crippen molar-refractivity contribution in [3.05, 3.63) is 17.7 Å². The third-order valence-electron chi connectivity index (χ3n) is 4.39. The van der Waals surface area contributed by atoms with Crippen molar-refractivity contribution in [3.63, 3.8) is 0 Å². The number of nitrogens with zero attached hydrogens (tertiary/aromatic N) is 2. The summed E-state index contributed by atoms with van der Waals surface area (Å²) in [5.41, 5.74) is -0.486. The molecule has 2 fully saturated rings. The highest BCUT2D eigenvalue weighted by molar-refractivity contribution is 5.85. The van der Waals surface area contributed by atoms with Gasteiger partial charge in [-0.3, -0.25) is 0 Å². The van der Waals surface area contributed by atoms with Gasteiger partial charge in [-0.25, -0.2) is 14.6 Å². The predicted molar refractivity (Wildman–Crippen MR) is 75.0 cm³/mol. The zero-order valence-electron chi connectivity index (χ0n) is 12.1. The molecule has 3 N–H and O–H groups in total. The van der Waals surface area contributed by atoms with Crippen molar-refractivity contribution in [1.29, 1.82) is 0 Å². The summed E-state index contributed by atoms with van der Waals surface area (Å²) in [6.07, 6.45) is 6.25. The molecule has 7 heteroatoms. The maximum absolute atomic E-state index is 12.3. The first-order valence-corrected chi connectivity index (χ1v) is 7.32. The minimum Gasteiger partial charge on any atom is -0.477 e. The van der Waals surface area contributed by atoms with E-state index in [0.29, 0.717) is 11.7 Å². The first kappa shape index (κ1) is 13.9. The number of amides is 2. The molecule has 114 valence electrons. The van der Waals surface area contributed by atoms with Gasteiger partial charge in [-0.1, -0.05) is 0 Å². The number of aromatic nitrogens is 2. The number of rotatable bonds is 5. The Morgan fingerprint density at radius 1 is 1.52 bits per heavy atom. The lowest BCUT2D eigenvalue weighted by atomic mass is 9.76. The maximum Gasteiger partial charge on any atom is 0.353 e. The van der Waals surface area contributed by atoms with Crippen LogP contribution < -0.4 is 5.32 Å².